The van der Waals surface area contributed by atoms with Crippen LogP contribution in [0.25, 0.3) is 17.5 Å². The molecule has 0 aliphatic rings. The predicted molar refractivity (Wildman–Crippen MR) is 94.4 cm³/mol. The number of pyridine rings is 2. The second-order valence-corrected chi connectivity index (χ2v) is 5.33. The maximum atomic E-state index is 5.95. The van der Waals surface area contributed by atoms with Crippen molar-refractivity contribution in [2.45, 2.75) is 26.5 Å². The first-order chi connectivity index (χ1) is 11.8. The zero-order valence-electron chi connectivity index (χ0n) is 13.7. The van der Waals surface area contributed by atoms with Crippen LogP contribution in [0.2, 0.25) is 0 Å². The van der Waals surface area contributed by atoms with Gasteiger partial charge in [-0.15, -0.1) is 0 Å². The molecule has 0 bridgehead atoms. The van der Waals surface area contributed by atoms with Crippen LogP contribution < -0.4 is 4.74 Å². The fourth-order valence-electron chi connectivity index (χ4n) is 2.54. The molecule has 3 heterocycles. The van der Waals surface area contributed by atoms with Gasteiger partial charge in [0.15, 0.2) is 0 Å². The third-order valence-electron chi connectivity index (χ3n) is 3.66. The van der Waals surface area contributed by atoms with E-state index in [9.17, 15) is 0 Å². The number of aryl methyl sites for hydroxylation is 1. The number of rotatable bonds is 7. The SMILES string of the molecule is C=Cc1ncccc1OCc1cccnc1-c1ccnn1CCC. The molecular weight excluding hydrogens is 300 g/mol. The Kier molecular flexibility index (Phi) is 5.01. The molecule has 0 amide bonds. The van der Waals surface area contributed by atoms with E-state index in [0.717, 1.165) is 35.6 Å². The molecule has 5 heteroatoms. The van der Waals surface area contributed by atoms with E-state index < -0.39 is 0 Å². The van der Waals surface area contributed by atoms with E-state index in [4.69, 9.17) is 4.74 Å². The molecule has 0 aliphatic carbocycles. The zero-order valence-corrected chi connectivity index (χ0v) is 13.7. The molecule has 0 saturated heterocycles. The van der Waals surface area contributed by atoms with Gasteiger partial charge >= 0.3 is 0 Å². The van der Waals surface area contributed by atoms with Crippen molar-refractivity contribution in [1.82, 2.24) is 19.7 Å². The summed E-state index contributed by atoms with van der Waals surface area (Å²) < 4.78 is 7.93. The first-order valence-electron chi connectivity index (χ1n) is 7.99. The molecule has 122 valence electrons. The van der Waals surface area contributed by atoms with E-state index in [1.54, 1.807) is 24.7 Å². The van der Waals surface area contributed by atoms with Crippen LogP contribution in [-0.4, -0.2) is 19.7 Å². The van der Waals surface area contributed by atoms with Crippen LogP contribution >= 0.6 is 0 Å². The van der Waals surface area contributed by atoms with Crippen LogP contribution in [0.4, 0.5) is 0 Å². The van der Waals surface area contributed by atoms with E-state index in [0.29, 0.717) is 12.4 Å². The van der Waals surface area contributed by atoms with Gasteiger partial charge in [0.25, 0.3) is 0 Å². The van der Waals surface area contributed by atoms with E-state index in [1.807, 2.05) is 35.0 Å². The van der Waals surface area contributed by atoms with E-state index in [-0.39, 0.29) is 0 Å². The highest BCUT2D eigenvalue weighted by atomic mass is 16.5. The Morgan fingerprint density at radius 1 is 1.12 bits per heavy atom. The average Bonchev–Trinajstić information content (AvgIpc) is 3.09. The van der Waals surface area contributed by atoms with Crippen molar-refractivity contribution in [2.24, 2.45) is 0 Å². The molecule has 0 atom stereocenters. The maximum absolute atomic E-state index is 5.95. The van der Waals surface area contributed by atoms with E-state index in [1.165, 1.54) is 0 Å². The lowest BCUT2D eigenvalue weighted by Gasteiger charge is -2.12. The van der Waals surface area contributed by atoms with Crippen LogP contribution in [0.1, 0.15) is 24.6 Å². The lowest BCUT2D eigenvalue weighted by Crippen LogP contribution is -2.06. The molecule has 0 aromatic carbocycles. The largest absolute Gasteiger partial charge is 0.487 e. The van der Waals surface area contributed by atoms with Crippen molar-refractivity contribution in [3.05, 3.63) is 66.8 Å². The topological polar surface area (TPSA) is 52.8 Å². The number of hydrogen-bond acceptors (Lipinski definition) is 4. The summed E-state index contributed by atoms with van der Waals surface area (Å²) in [5, 5.41) is 4.38. The van der Waals surface area contributed by atoms with Gasteiger partial charge in [-0.05, 0) is 36.8 Å². The molecule has 0 unspecified atom stereocenters. The molecule has 0 aliphatic heterocycles. The Bertz CT molecular complexity index is 825. The van der Waals surface area contributed by atoms with E-state index in [2.05, 4.69) is 28.6 Å². The van der Waals surface area contributed by atoms with E-state index >= 15 is 0 Å². The lowest BCUT2D eigenvalue weighted by molar-refractivity contribution is 0.304. The van der Waals surface area contributed by atoms with Gasteiger partial charge in [-0.1, -0.05) is 19.6 Å². The highest BCUT2D eigenvalue weighted by Crippen LogP contribution is 2.24. The molecule has 0 saturated carbocycles. The van der Waals surface area contributed by atoms with Gasteiger partial charge in [-0.25, -0.2) is 0 Å². The number of nitrogens with zero attached hydrogens (tertiary/aromatic N) is 4. The van der Waals surface area contributed by atoms with Crippen molar-refractivity contribution in [2.75, 3.05) is 0 Å². The monoisotopic (exact) mass is 320 g/mol. The second-order valence-electron chi connectivity index (χ2n) is 5.33. The summed E-state index contributed by atoms with van der Waals surface area (Å²) in [7, 11) is 0. The van der Waals surface area contributed by atoms with Crippen LogP contribution in [-0.2, 0) is 13.2 Å². The van der Waals surface area contributed by atoms with Gasteiger partial charge in [-0.3, -0.25) is 14.6 Å². The van der Waals surface area contributed by atoms with Gasteiger partial charge < -0.3 is 4.74 Å². The summed E-state index contributed by atoms with van der Waals surface area (Å²) >= 11 is 0. The molecule has 3 aromatic heterocycles. The number of hydrogen-bond donors (Lipinski definition) is 0. The predicted octanol–water partition coefficient (Wildman–Crippen LogP) is 3.97. The maximum Gasteiger partial charge on any atom is 0.145 e. The second kappa shape index (κ2) is 7.55. The fraction of sp³-hybridized carbons (Fsp3) is 0.211. The van der Waals surface area contributed by atoms with Crippen molar-refractivity contribution >= 4 is 6.08 Å². The Hall–Kier alpha value is -2.95. The molecule has 0 fully saturated rings. The van der Waals surface area contributed by atoms with Gasteiger partial charge in [0.05, 0.1) is 11.4 Å². The Morgan fingerprint density at radius 3 is 2.79 bits per heavy atom. The summed E-state index contributed by atoms with van der Waals surface area (Å²) in [5.74, 6) is 0.712. The van der Waals surface area contributed by atoms with Crippen molar-refractivity contribution in [1.29, 1.82) is 0 Å². The number of aromatic nitrogens is 4. The Morgan fingerprint density at radius 2 is 1.96 bits per heavy atom. The zero-order chi connectivity index (χ0) is 16.8. The van der Waals surface area contributed by atoms with Crippen molar-refractivity contribution in [3.8, 4) is 17.1 Å². The summed E-state index contributed by atoms with van der Waals surface area (Å²) in [4.78, 5) is 8.79. The quantitative estimate of drug-likeness (QED) is 0.661. The lowest BCUT2D eigenvalue weighted by atomic mass is 10.1. The van der Waals surface area contributed by atoms with Gasteiger partial charge in [-0.2, -0.15) is 5.10 Å². The van der Waals surface area contributed by atoms with Crippen LogP contribution in [0.3, 0.4) is 0 Å². The molecular formula is C19H20N4O. The summed E-state index contributed by atoms with van der Waals surface area (Å²) in [6.45, 7) is 7.18. The summed E-state index contributed by atoms with van der Waals surface area (Å²) in [5.41, 5.74) is 3.65. The molecule has 0 radical (unpaired) electrons. The minimum Gasteiger partial charge on any atom is -0.487 e. The van der Waals surface area contributed by atoms with Crippen LogP contribution in [0.15, 0.2) is 55.5 Å². The summed E-state index contributed by atoms with van der Waals surface area (Å²) in [6.07, 6.45) is 8.03. The van der Waals surface area contributed by atoms with Crippen LogP contribution in [0.5, 0.6) is 5.75 Å². The molecule has 0 N–H and O–H groups in total. The van der Waals surface area contributed by atoms with Crippen molar-refractivity contribution < 1.29 is 4.74 Å². The third kappa shape index (κ3) is 3.35. The standard InChI is InChI=1S/C19H20N4O/c1-3-13-23-17(9-12-22-23)19-15(7-5-11-21-19)14-24-18-8-6-10-20-16(18)4-2/h4-12H,2-3,13-14H2,1H3. The Balaban J connectivity index is 1.87. The molecule has 24 heavy (non-hydrogen) atoms. The number of ether oxygens (including phenoxy) is 1. The normalized spacial score (nSPS) is 10.5. The average molecular weight is 320 g/mol. The smallest absolute Gasteiger partial charge is 0.145 e. The molecule has 0 spiro atoms. The Labute approximate surface area is 141 Å². The summed E-state index contributed by atoms with van der Waals surface area (Å²) in [6, 6.07) is 9.67. The minimum atomic E-state index is 0.410. The first-order valence-corrected chi connectivity index (χ1v) is 7.99. The minimum absolute atomic E-state index is 0.410. The highest BCUT2D eigenvalue weighted by Gasteiger charge is 2.12. The fourth-order valence-corrected chi connectivity index (χ4v) is 2.54. The molecule has 3 aromatic rings. The van der Waals surface area contributed by atoms with Crippen molar-refractivity contribution in [3.63, 3.8) is 0 Å². The van der Waals surface area contributed by atoms with Gasteiger partial charge in [0, 0.05) is 30.7 Å². The van der Waals surface area contributed by atoms with Gasteiger partial charge in [0.1, 0.15) is 18.1 Å². The molecule has 5 nitrogen and oxygen atoms in total. The molecule has 3 rings (SSSR count). The third-order valence-corrected chi connectivity index (χ3v) is 3.66. The van der Waals surface area contributed by atoms with Crippen LogP contribution in [0, 0.1) is 0 Å². The van der Waals surface area contributed by atoms with Gasteiger partial charge in [0.2, 0.25) is 0 Å². The highest BCUT2D eigenvalue weighted by molar-refractivity contribution is 5.59. The first kappa shape index (κ1) is 15.9.